The second-order valence-corrected chi connectivity index (χ2v) is 7.61. The molecule has 0 aliphatic carbocycles. The third kappa shape index (κ3) is 4.87. The van der Waals surface area contributed by atoms with E-state index >= 15 is 0 Å². The van der Waals surface area contributed by atoms with E-state index in [1.54, 1.807) is 24.3 Å². The van der Waals surface area contributed by atoms with E-state index in [0.717, 1.165) is 28.6 Å². The average Bonchev–Trinajstić information content (AvgIpc) is 2.56. The number of primary amides is 1. The van der Waals surface area contributed by atoms with Gasteiger partial charge in [0.25, 0.3) is 0 Å². The quantitative estimate of drug-likeness (QED) is 0.751. The molecule has 2 amide bonds. The lowest BCUT2D eigenvalue weighted by Gasteiger charge is -2.17. The van der Waals surface area contributed by atoms with E-state index < -0.39 is 34.2 Å². The topological polar surface area (TPSA) is 110 Å². The van der Waals surface area contributed by atoms with Gasteiger partial charge in [-0.1, -0.05) is 18.2 Å². The third-order valence-corrected chi connectivity index (χ3v) is 5.36. The lowest BCUT2D eigenvalue weighted by Crippen LogP contribution is -2.35. The number of carbonyl (C=O) groups is 2. The van der Waals surface area contributed by atoms with Crippen molar-refractivity contribution in [2.75, 3.05) is 18.9 Å². The van der Waals surface area contributed by atoms with Crippen molar-refractivity contribution in [2.24, 2.45) is 5.73 Å². The molecular weight excluding hydrogens is 361 g/mol. The Hall–Kier alpha value is -2.78. The van der Waals surface area contributed by atoms with Crippen molar-refractivity contribution in [1.82, 2.24) is 4.31 Å². The van der Waals surface area contributed by atoms with Gasteiger partial charge < -0.3 is 11.1 Å². The van der Waals surface area contributed by atoms with Crippen LogP contribution in [0.5, 0.6) is 0 Å². The number of halogens is 1. The van der Waals surface area contributed by atoms with Crippen LogP contribution in [0.25, 0.3) is 0 Å². The SMILES string of the molecule is CN(CC(=O)Nc1ccccc1CC(N)=O)S(=O)(=O)c1ccc(F)cc1. The van der Waals surface area contributed by atoms with E-state index in [2.05, 4.69) is 5.32 Å². The highest BCUT2D eigenvalue weighted by atomic mass is 32.2. The minimum atomic E-state index is -3.94. The van der Waals surface area contributed by atoms with E-state index in [1.807, 2.05) is 0 Å². The van der Waals surface area contributed by atoms with Crippen molar-refractivity contribution >= 4 is 27.5 Å². The standard InChI is InChI=1S/C17H18FN3O4S/c1-21(26(24,25)14-8-6-13(18)7-9-14)11-17(23)20-15-5-3-2-4-12(15)10-16(19)22/h2-9H,10-11H2,1H3,(H2,19,22)(H,20,23). The summed E-state index contributed by atoms with van der Waals surface area (Å²) in [6.45, 7) is -0.454. The molecule has 9 heteroatoms. The Morgan fingerprint density at radius 1 is 1.12 bits per heavy atom. The number of para-hydroxylation sites is 1. The van der Waals surface area contributed by atoms with Crippen LogP contribution in [0, 0.1) is 5.82 Å². The summed E-state index contributed by atoms with van der Waals surface area (Å²) in [5, 5.41) is 2.57. The number of carbonyl (C=O) groups excluding carboxylic acids is 2. The molecule has 0 aliphatic rings. The summed E-state index contributed by atoms with van der Waals surface area (Å²) >= 11 is 0. The van der Waals surface area contributed by atoms with Gasteiger partial charge in [-0.2, -0.15) is 4.31 Å². The van der Waals surface area contributed by atoms with Gasteiger partial charge >= 0.3 is 0 Å². The summed E-state index contributed by atoms with van der Waals surface area (Å²) in [6.07, 6.45) is -0.0554. The van der Waals surface area contributed by atoms with Gasteiger partial charge in [0, 0.05) is 12.7 Å². The molecule has 0 saturated carbocycles. The number of hydrogen-bond acceptors (Lipinski definition) is 4. The first-order valence-electron chi connectivity index (χ1n) is 7.58. The predicted octanol–water partition coefficient (Wildman–Crippen LogP) is 1.11. The first kappa shape index (κ1) is 19.5. The van der Waals surface area contributed by atoms with Crippen LogP contribution in [-0.2, 0) is 26.0 Å². The Morgan fingerprint density at radius 2 is 1.73 bits per heavy atom. The van der Waals surface area contributed by atoms with Gasteiger partial charge in [-0.25, -0.2) is 12.8 Å². The molecular formula is C17H18FN3O4S. The minimum absolute atomic E-state index is 0.0554. The van der Waals surface area contributed by atoms with Gasteiger partial charge in [-0.3, -0.25) is 9.59 Å². The first-order valence-corrected chi connectivity index (χ1v) is 9.02. The molecule has 0 bridgehead atoms. The largest absolute Gasteiger partial charge is 0.369 e. The van der Waals surface area contributed by atoms with Crippen molar-refractivity contribution in [3.8, 4) is 0 Å². The number of hydrogen-bond donors (Lipinski definition) is 2. The second kappa shape index (κ2) is 8.07. The highest BCUT2D eigenvalue weighted by molar-refractivity contribution is 7.89. The third-order valence-electron chi connectivity index (χ3n) is 3.54. The Kier molecular flexibility index (Phi) is 6.06. The molecule has 0 fully saturated rings. The smallest absolute Gasteiger partial charge is 0.243 e. The normalized spacial score (nSPS) is 11.3. The first-order chi connectivity index (χ1) is 12.2. The zero-order valence-electron chi connectivity index (χ0n) is 14.0. The number of sulfonamides is 1. The van der Waals surface area contributed by atoms with E-state index in [0.29, 0.717) is 11.3 Å². The van der Waals surface area contributed by atoms with Gasteiger partial charge in [0.1, 0.15) is 5.82 Å². The molecule has 3 N–H and O–H groups in total. The number of nitrogens with zero attached hydrogens (tertiary/aromatic N) is 1. The van der Waals surface area contributed by atoms with Gasteiger partial charge in [-0.05, 0) is 35.9 Å². The molecule has 26 heavy (non-hydrogen) atoms. The molecule has 0 aromatic heterocycles. The van der Waals surface area contributed by atoms with E-state index in [-0.39, 0.29) is 11.3 Å². The summed E-state index contributed by atoms with van der Waals surface area (Å²) in [7, 11) is -2.70. The lowest BCUT2D eigenvalue weighted by atomic mass is 10.1. The van der Waals surface area contributed by atoms with Crippen molar-refractivity contribution in [3.05, 3.63) is 59.9 Å². The fourth-order valence-corrected chi connectivity index (χ4v) is 3.37. The van der Waals surface area contributed by atoms with Gasteiger partial charge in [0.15, 0.2) is 0 Å². The molecule has 0 heterocycles. The van der Waals surface area contributed by atoms with Crippen LogP contribution < -0.4 is 11.1 Å². The maximum Gasteiger partial charge on any atom is 0.243 e. The monoisotopic (exact) mass is 379 g/mol. The molecule has 0 atom stereocenters. The molecule has 0 aliphatic heterocycles. The van der Waals surface area contributed by atoms with Crippen molar-refractivity contribution in [1.29, 1.82) is 0 Å². The fourth-order valence-electron chi connectivity index (χ4n) is 2.25. The van der Waals surface area contributed by atoms with Crippen LogP contribution in [0.4, 0.5) is 10.1 Å². The van der Waals surface area contributed by atoms with E-state index in [1.165, 1.54) is 7.05 Å². The summed E-state index contributed by atoms with van der Waals surface area (Å²) in [4.78, 5) is 23.2. The maximum absolute atomic E-state index is 13.0. The second-order valence-electron chi connectivity index (χ2n) is 5.56. The molecule has 7 nitrogen and oxygen atoms in total. The Morgan fingerprint density at radius 3 is 2.35 bits per heavy atom. The molecule has 0 unspecified atom stereocenters. The van der Waals surface area contributed by atoms with Crippen LogP contribution >= 0.6 is 0 Å². The van der Waals surface area contributed by atoms with Crippen molar-refractivity contribution in [3.63, 3.8) is 0 Å². The van der Waals surface area contributed by atoms with E-state index in [9.17, 15) is 22.4 Å². The highest BCUT2D eigenvalue weighted by Crippen LogP contribution is 2.17. The Bertz CT molecular complexity index is 914. The summed E-state index contributed by atoms with van der Waals surface area (Å²) < 4.78 is 38.6. The van der Waals surface area contributed by atoms with Crippen LogP contribution in [0.2, 0.25) is 0 Å². The molecule has 138 valence electrons. The number of rotatable bonds is 7. The number of anilines is 1. The average molecular weight is 379 g/mol. The van der Waals surface area contributed by atoms with Gasteiger partial charge in [-0.15, -0.1) is 0 Å². The maximum atomic E-state index is 13.0. The highest BCUT2D eigenvalue weighted by Gasteiger charge is 2.23. The minimum Gasteiger partial charge on any atom is -0.369 e. The number of amides is 2. The van der Waals surface area contributed by atoms with Crippen LogP contribution in [0.3, 0.4) is 0 Å². The summed E-state index contributed by atoms with van der Waals surface area (Å²) in [5.74, 6) is -1.70. The fraction of sp³-hybridized carbons (Fsp3) is 0.176. The zero-order valence-corrected chi connectivity index (χ0v) is 14.8. The molecule has 2 aromatic carbocycles. The van der Waals surface area contributed by atoms with Crippen LogP contribution in [0.15, 0.2) is 53.4 Å². The predicted molar refractivity (Wildman–Crippen MR) is 94.2 cm³/mol. The Labute approximate surface area is 150 Å². The lowest BCUT2D eigenvalue weighted by molar-refractivity contribution is -0.118. The van der Waals surface area contributed by atoms with Crippen molar-refractivity contribution in [2.45, 2.75) is 11.3 Å². The van der Waals surface area contributed by atoms with Gasteiger partial charge in [0.2, 0.25) is 21.8 Å². The van der Waals surface area contributed by atoms with E-state index in [4.69, 9.17) is 5.73 Å². The van der Waals surface area contributed by atoms with Crippen LogP contribution in [0.1, 0.15) is 5.56 Å². The molecule has 2 rings (SSSR count). The molecule has 2 aromatic rings. The number of nitrogens with two attached hydrogens (primary N) is 1. The molecule has 0 spiro atoms. The Balaban J connectivity index is 2.10. The van der Waals surface area contributed by atoms with Gasteiger partial charge in [0.05, 0.1) is 17.9 Å². The molecule has 0 saturated heterocycles. The zero-order chi connectivity index (χ0) is 19.3. The molecule has 0 radical (unpaired) electrons. The number of benzene rings is 2. The summed E-state index contributed by atoms with van der Waals surface area (Å²) in [5.41, 5.74) is 6.08. The number of likely N-dealkylation sites (N-methyl/N-ethyl adjacent to an activating group) is 1. The van der Waals surface area contributed by atoms with Crippen molar-refractivity contribution < 1.29 is 22.4 Å². The summed E-state index contributed by atoms with van der Waals surface area (Å²) in [6, 6.07) is 10.9. The number of nitrogens with one attached hydrogen (secondary N) is 1. The van der Waals surface area contributed by atoms with Crippen LogP contribution in [-0.4, -0.2) is 38.1 Å².